The van der Waals surface area contributed by atoms with Crippen LogP contribution in [-0.2, 0) is 0 Å². The molecule has 14 heavy (non-hydrogen) atoms. The van der Waals surface area contributed by atoms with Gasteiger partial charge in [0, 0.05) is 23.2 Å². The zero-order valence-electron chi connectivity index (χ0n) is 8.39. The first-order chi connectivity index (χ1) is 6.68. The number of hydrogen-bond donors (Lipinski definition) is 1. The Morgan fingerprint density at radius 3 is 2.57 bits per heavy atom. The van der Waals surface area contributed by atoms with Crippen LogP contribution in [0.5, 0.6) is 0 Å². The molecule has 1 aromatic rings. The van der Waals surface area contributed by atoms with Gasteiger partial charge >= 0.3 is 0 Å². The number of benzene rings is 1. The van der Waals surface area contributed by atoms with Crippen molar-refractivity contribution in [2.24, 2.45) is 0 Å². The van der Waals surface area contributed by atoms with Gasteiger partial charge in [-0.2, -0.15) is 0 Å². The van der Waals surface area contributed by atoms with Gasteiger partial charge in [-0.1, -0.05) is 0 Å². The summed E-state index contributed by atoms with van der Waals surface area (Å²) in [5.41, 5.74) is 9.15. The van der Waals surface area contributed by atoms with Crippen molar-refractivity contribution < 1.29 is 0 Å². The minimum atomic E-state index is 0.861. The van der Waals surface area contributed by atoms with Gasteiger partial charge < -0.3 is 10.6 Å². The van der Waals surface area contributed by atoms with Crippen molar-refractivity contribution in [3.05, 3.63) is 22.2 Å². The molecule has 0 atom stereocenters. The van der Waals surface area contributed by atoms with Crippen LogP contribution in [-0.4, -0.2) is 13.1 Å². The summed E-state index contributed by atoms with van der Waals surface area (Å²) < 4.78 is 1.11. The van der Waals surface area contributed by atoms with Gasteiger partial charge in [-0.05, 0) is 53.4 Å². The maximum absolute atomic E-state index is 5.84. The van der Waals surface area contributed by atoms with Crippen LogP contribution in [0, 0.1) is 6.92 Å². The number of nitrogen functional groups attached to an aromatic ring is 1. The fourth-order valence-electron chi connectivity index (χ4n) is 1.88. The molecule has 76 valence electrons. The third-order valence-electron chi connectivity index (χ3n) is 2.78. The lowest BCUT2D eigenvalue weighted by atomic mass is 10.2. The summed E-state index contributed by atoms with van der Waals surface area (Å²) in [5, 5.41) is 0. The highest BCUT2D eigenvalue weighted by Gasteiger charge is 2.15. The second-order valence-electron chi connectivity index (χ2n) is 3.85. The minimum absolute atomic E-state index is 0.861. The van der Waals surface area contributed by atoms with E-state index in [4.69, 9.17) is 5.73 Å². The van der Waals surface area contributed by atoms with Crippen molar-refractivity contribution in [1.29, 1.82) is 0 Å². The standard InChI is InChI=1S/C11H15BrN2/c1-8-6-11(9(12)7-10(8)13)14-4-2-3-5-14/h6-7H,2-5,13H2,1H3. The molecule has 0 bridgehead atoms. The van der Waals surface area contributed by atoms with Crippen molar-refractivity contribution >= 4 is 27.3 Å². The lowest BCUT2D eigenvalue weighted by Gasteiger charge is -2.20. The summed E-state index contributed by atoms with van der Waals surface area (Å²) in [6, 6.07) is 4.17. The Hall–Kier alpha value is -0.700. The average Bonchev–Trinajstić information content (AvgIpc) is 2.64. The van der Waals surface area contributed by atoms with Gasteiger partial charge in [-0.3, -0.25) is 0 Å². The smallest absolute Gasteiger partial charge is 0.0514 e. The molecule has 0 saturated carbocycles. The van der Waals surface area contributed by atoms with Crippen LogP contribution in [0.2, 0.25) is 0 Å². The molecule has 0 unspecified atom stereocenters. The Morgan fingerprint density at radius 1 is 1.29 bits per heavy atom. The zero-order valence-corrected chi connectivity index (χ0v) is 9.97. The first kappa shape index (κ1) is 9.84. The van der Waals surface area contributed by atoms with Crippen LogP contribution in [0.25, 0.3) is 0 Å². The van der Waals surface area contributed by atoms with Crippen molar-refractivity contribution in [1.82, 2.24) is 0 Å². The molecule has 0 radical (unpaired) electrons. The summed E-state index contributed by atoms with van der Waals surface area (Å²) in [4.78, 5) is 2.41. The van der Waals surface area contributed by atoms with Crippen LogP contribution in [0.15, 0.2) is 16.6 Å². The Morgan fingerprint density at radius 2 is 1.93 bits per heavy atom. The summed E-state index contributed by atoms with van der Waals surface area (Å²) in [7, 11) is 0. The molecule has 1 saturated heterocycles. The number of nitrogens with zero attached hydrogens (tertiary/aromatic N) is 1. The molecule has 2 rings (SSSR count). The number of hydrogen-bond acceptors (Lipinski definition) is 2. The molecule has 0 aliphatic carbocycles. The molecule has 1 heterocycles. The summed E-state index contributed by atoms with van der Waals surface area (Å²) in [6.07, 6.45) is 2.60. The normalized spacial score (nSPS) is 16.3. The van der Waals surface area contributed by atoms with E-state index in [0.29, 0.717) is 0 Å². The van der Waals surface area contributed by atoms with Crippen LogP contribution in [0.1, 0.15) is 18.4 Å². The summed E-state index contributed by atoms with van der Waals surface area (Å²) in [6.45, 7) is 4.39. The number of rotatable bonds is 1. The second kappa shape index (κ2) is 3.81. The summed E-state index contributed by atoms with van der Waals surface area (Å²) >= 11 is 3.57. The van der Waals surface area contributed by atoms with E-state index in [1.807, 2.05) is 6.07 Å². The predicted octanol–water partition coefficient (Wildman–Crippen LogP) is 2.94. The van der Waals surface area contributed by atoms with Crippen LogP contribution in [0.4, 0.5) is 11.4 Å². The predicted molar refractivity (Wildman–Crippen MR) is 64.7 cm³/mol. The molecule has 2 N–H and O–H groups in total. The molecule has 0 aromatic heterocycles. The van der Waals surface area contributed by atoms with E-state index >= 15 is 0 Å². The van der Waals surface area contributed by atoms with Crippen molar-refractivity contribution in [3.63, 3.8) is 0 Å². The quantitative estimate of drug-likeness (QED) is 0.782. The molecule has 3 heteroatoms. The molecule has 2 nitrogen and oxygen atoms in total. The van der Waals surface area contributed by atoms with E-state index < -0.39 is 0 Å². The monoisotopic (exact) mass is 254 g/mol. The topological polar surface area (TPSA) is 29.3 Å². The lowest BCUT2D eigenvalue weighted by molar-refractivity contribution is 0.949. The molecule has 0 spiro atoms. The fourth-order valence-corrected chi connectivity index (χ4v) is 2.49. The van der Waals surface area contributed by atoms with E-state index in [0.717, 1.165) is 15.7 Å². The van der Waals surface area contributed by atoms with Crippen LogP contribution in [0.3, 0.4) is 0 Å². The van der Waals surface area contributed by atoms with E-state index in [1.165, 1.54) is 31.6 Å². The largest absolute Gasteiger partial charge is 0.398 e. The Bertz CT molecular complexity index is 343. The highest BCUT2D eigenvalue weighted by atomic mass is 79.9. The van der Waals surface area contributed by atoms with Crippen LogP contribution < -0.4 is 10.6 Å². The van der Waals surface area contributed by atoms with Gasteiger partial charge in [-0.15, -0.1) is 0 Å². The molecule has 1 aromatic carbocycles. The fraction of sp³-hybridized carbons (Fsp3) is 0.455. The Kier molecular flexibility index (Phi) is 2.68. The average molecular weight is 255 g/mol. The second-order valence-corrected chi connectivity index (χ2v) is 4.71. The molecule has 1 fully saturated rings. The van der Waals surface area contributed by atoms with E-state index in [-0.39, 0.29) is 0 Å². The zero-order chi connectivity index (χ0) is 10.1. The van der Waals surface area contributed by atoms with Crippen molar-refractivity contribution in [2.75, 3.05) is 23.7 Å². The Labute approximate surface area is 93.2 Å². The number of aryl methyl sites for hydroxylation is 1. The van der Waals surface area contributed by atoms with E-state index in [1.54, 1.807) is 0 Å². The van der Waals surface area contributed by atoms with E-state index in [2.05, 4.69) is 33.8 Å². The Balaban J connectivity index is 2.37. The van der Waals surface area contributed by atoms with Gasteiger partial charge in [0.1, 0.15) is 0 Å². The van der Waals surface area contributed by atoms with E-state index in [9.17, 15) is 0 Å². The van der Waals surface area contributed by atoms with Gasteiger partial charge in [-0.25, -0.2) is 0 Å². The molecule has 1 aliphatic rings. The molecular weight excluding hydrogens is 240 g/mol. The highest BCUT2D eigenvalue weighted by Crippen LogP contribution is 2.32. The number of anilines is 2. The first-order valence-corrected chi connectivity index (χ1v) is 5.78. The highest BCUT2D eigenvalue weighted by molar-refractivity contribution is 9.10. The molecular formula is C11H15BrN2. The van der Waals surface area contributed by atoms with Crippen molar-refractivity contribution in [3.8, 4) is 0 Å². The van der Waals surface area contributed by atoms with Crippen LogP contribution >= 0.6 is 15.9 Å². The third-order valence-corrected chi connectivity index (χ3v) is 3.42. The van der Waals surface area contributed by atoms with Gasteiger partial charge in [0.05, 0.1) is 5.69 Å². The SMILES string of the molecule is Cc1cc(N2CCCC2)c(Br)cc1N. The van der Waals surface area contributed by atoms with Gasteiger partial charge in [0.15, 0.2) is 0 Å². The summed E-state index contributed by atoms with van der Waals surface area (Å²) in [5.74, 6) is 0. The van der Waals surface area contributed by atoms with Gasteiger partial charge in [0.2, 0.25) is 0 Å². The lowest BCUT2D eigenvalue weighted by Crippen LogP contribution is -2.18. The maximum Gasteiger partial charge on any atom is 0.0514 e. The number of nitrogens with two attached hydrogens (primary N) is 1. The third kappa shape index (κ3) is 1.73. The van der Waals surface area contributed by atoms with Crippen molar-refractivity contribution in [2.45, 2.75) is 19.8 Å². The first-order valence-electron chi connectivity index (χ1n) is 4.99. The minimum Gasteiger partial charge on any atom is -0.398 e. The number of halogens is 1. The molecule has 1 aliphatic heterocycles. The maximum atomic E-state index is 5.84. The molecule has 0 amide bonds. The van der Waals surface area contributed by atoms with Gasteiger partial charge in [0.25, 0.3) is 0 Å².